The summed E-state index contributed by atoms with van der Waals surface area (Å²) >= 11 is 0. The Morgan fingerprint density at radius 3 is 2.64 bits per heavy atom. The van der Waals surface area contributed by atoms with Crippen molar-refractivity contribution in [1.82, 2.24) is 14.8 Å². The molecular formula is C22H28FN3O2. The van der Waals surface area contributed by atoms with Gasteiger partial charge in [0, 0.05) is 44.4 Å². The fraction of sp³-hybridized carbons (Fsp3) is 0.545. The summed E-state index contributed by atoms with van der Waals surface area (Å²) < 4.78 is 15.5. The highest BCUT2D eigenvalue weighted by molar-refractivity contribution is 5.99. The molecular weight excluding hydrogens is 357 g/mol. The lowest BCUT2D eigenvalue weighted by Crippen LogP contribution is -2.40. The fourth-order valence-corrected chi connectivity index (χ4v) is 4.32. The Labute approximate surface area is 164 Å². The molecule has 1 aromatic heterocycles. The van der Waals surface area contributed by atoms with Gasteiger partial charge in [0.05, 0.1) is 5.52 Å². The third-order valence-corrected chi connectivity index (χ3v) is 6.08. The number of nitrogens with one attached hydrogen (secondary N) is 1. The van der Waals surface area contributed by atoms with E-state index in [1.807, 2.05) is 17.9 Å². The molecule has 1 unspecified atom stereocenters. The van der Waals surface area contributed by atoms with Crippen LogP contribution in [0.1, 0.15) is 60.1 Å². The van der Waals surface area contributed by atoms with Gasteiger partial charge in [-0.25, -0.2) is 4.39 Å². The quantitative estimate of drug-likeness (QED) is 0.873. The highest BCUT2D eigenvalue weighted by atomic mass is 19.1. The van der Waals surface area contributed by atoms with E-state index in [4.69, 9.17) is 0 Å². The molecule has 1 aromatic carbocycles. The second-order valence-corrected chi connectivity index (χ2v) is 8.36. The Morgan fingerprint density at radius 1 is 1.25 bits per heavy atom. The number of aromatic nitrogens is 1. The largest absolute Gasteiger partial charge is 0.348 e. The maximum absolute atomic E-state index is 15.5. The first-order chi connectivity index (χ1) is 13.4. The average Bonchev–Trinajstić information content (AvgIpc) is 3.45. The van der Waals surface area contributed by atoms with Crippen molar-refractivity contribution in [2.24, 2.45) is 5.92 Å². The molecule has 2 aliphatic rings. The third-order valence-electron chi connectivity index (χ3n) is 6.08. The Hall–Kier alpha value is -2.37. The summed E-state index contributed by atoms with van der Waals surface area (Å²) in [4.78, 5) is 31.2. The number of hydrogen-bond donors (Lipinski definition) is 1. The van der Waals surface area contributed by atoms with Gasteiger partial charge in [-0.3, -0.25) is 9.59 Å². The van der Waals surface area contributed by atoms with Crippen molar-refractivity contribution in [2.45, 2.75) is 44.9 Å². The van der Waals surface area contributed by atoms with Crippen LogP contribution >= 0.6 is 0 Å². The summed E-state index contributed by atoms with van der Waals surface area (Å²) in [5.41, 5.74) is 2.51. The first kappa shape index (κ1) is 19.0. The predicted molar refractivity (Wildman–Crippen MR) is 107 cm³/mol. The molecule has 0 bridgehead atoms. The second-order valence-electron chi connectivity index (χ2n) is 8.36. The van der Waals surface area contributed by atoms with Crippen LogP contribution in [0.5, 0.6) is 0 Å². The zero-order valence-electron chi connectivity index (χ0n) is 16.8. The number of carbonyl (C=O) groups is 2. The van der Waals surface area contributed by atoms with Crippen molar-refractivity contribution >= 4 is 22.7 Å². The number of benzene rings is 1. The van der Waals surface area contributed by atoms with Crippen LogP contribution in [-0.4, -0.2) is 53.8 Å². The van der Waals surface area contributed by atoms with Gasteiger partial charge in [-0.2, -0.15) is 0 Å². The van der Waals surface area contributed by atoms with E-state index in [2.05, 4.69) is 4.98 Å². The molecule has 2 heterocycles. The first-order valence-electron chi connectivity index (χ1n) is 10.2. The van der Waals surface area contributed by atoms with E-state index in [1.54, 1.807) is 20.2 Å². The summed E-state index contributed by atoms with van der Waals surface area (Å²) in [5, 5.41) is 0.774. The standard InChI is InChI=1S/C22H28FN3O2/c1-4-13-10-16(15-6-5-9-26(12-15)21(27)14-7-8-14)19(23)20-17(13)11-18(24-20)22(28)25(2)3/h10-11,14-15,24H,4-9,12H2,1-3H3. The lowest BCUT2D eigenvalue weighted by atomic mass is 9.87. The smallest absolute Gasteiger partial charge is 0.269 e. The first-order valence-corrected chi connectivity index (χ1v) is 10.2. The van der Waals surface area contributed by atoms with Crippen LogP contribution in [-0.2, 0) is 11.2 Å². The molecule has 4 rings (SSSR count). The number of nitrogens with zero attached hydrogens (tertiary/aromatic N) is 2. The van der Waals surface area contributed by atoms with Gasteiger partial charge in [0.25, 0.3) is 5.91 Å². The minimum Gasteiger partial charge on any atom is -0.348 e. The van der Waals surface area contributed by atoms with Gasteiger partial charge in [-0.15, -0.1) is 0 Å². The summed E-state index contributed by atoms with van der Waals surface area (Å²) in [5.74, 6) is -0.0165. The number of likely N-dealkylation sites (tertiary alicyclic amines) is 1. The number of rotatable bonds is 4. The molecule has 2 fully saturated rings. The van der Waals surface area contributed by atoms with Gasteiger partial charge in [-0.05, 0) is 49.3 Å². The number of carbonyl (C=O) groups excluding carboxylic acids is 2. The van der Waals surface area contributed by atoms with Crippen molar-refractivity contribution < 1.29 is 14.0 Å². The summed E-state index contributed by atoms with van der Waals surface area (Å²) in [6.45, 7) is 3.41. The molecule has 1 N–H and O–H groups in total. The average molecular weight is 385 g/mol. The Balaban J connectivity index is 1.71. The Morgan fingerprint density at radius 2 is 2.00 bits per heavy atom. The summed E-state index contributed by atoms with van der Waals surface area (Å²) in [7, 11) is 3.37. The molecule has 0 spiro atoms. The van der Waals surface area contributed by atoms with Gasteiger partial charge < -0.3 is 14.8 Å². The second kappa shape index (κ2) is 7.22. The minimum absolute atomic E-state index is 0.00227. The molecule has 1 aliphatic carbocycles. The normalized spacial score (nSPS) is 19.9. The molecule has 1 saturated heterocycles. The number of H-pyrrole nitrogens is 1. The van der Waals surface area contributed by atoms with E-state index in [-0.39, 0.29) is 29.5 Å². The number of aromatic amines is 1. The Bertz CT molecular complexity index is 929. The lowest BCUT2D eigenvalue weighted by Gasteiger charge is -2.33. The molecule has 0 radical (unpaired) electrons. The van der Waals surface area contributed by atoms with E-state index >= 15 is 4.39 Å². The number of fused-ring (bicyclic) bond motifs is 1. The maximum atomic E-state index is 15.5. The molecule has 1 aliphatic heterocycles. The summed E-state index contributed by atoms with van der Waals surface area (Å²) in [6.07, 6.45) is 4.52. The van der Waals surface area contributed by atoms with Crippen LogP contribution in [0, 0.1) is 11.7 Å². The van der Waals surface area contributed by atoms with Crippen LogP contribution in [0.3, 0.4) is 0 Å². The highest BCUT2D eigenvalue weighted by Gasteiger charge is 2.36. The lowest BCUT2D eigenvalue weighted by molar-refractivity contribution is -0.133. The van der Waals surface area contributed by atoms with Crippen molar-refractivity contribution in [3.63, 3.8) is 0 Å². The van der Waals surface area contributed by atoms with Crippen LogP contribution in [0.4, 0.5) is 4.39 Å². The SMILES string of the molecule is CCc1cc(C2CCCN(C(=O)C3CC3)C2)c(F)c2[nH]c(C(=O)N(C)C)cc12. The number of hydrogen-bond acceptors (Lipinski definition) is 2. The molecule has 2 aromatic rings. The highest BCUT2D eigenvalue weighted by Crippen LogP contribution is 2.37. The van der Waals surface area contributed by atoms with Crippen molar-refractivity contribution in [1.29, 1.82) is 0 Å². The monoisotopic (exact) mass is 385 g/mol. The van der Waals surface area contributed by atoms with Gasteiger partial charge in [-0.1, -0.05) is 13.0 Å². The predicted octanol–water partition coefficient (Wildman–Crippen LogP) is 3.69. The van der Waals surface area contributed by atoms with Crippen molar-refractivity contribution in [3.8, 4) is 0 Å². The number of halogens is 1. The van der Waals surface area contributed by atoms with Crippen LogP contribution in [0.25, 0.3) is 10.9 Å². The topological polar surface area (TPSA) is 56.4 Å². The maximum Gasteiger partial charge on any atom is 0.269 e. The van der Waals surface area contributed by atoms with Crippen LogP contribution < -0.4 is 0 Å². The molecule has 1 atom stereocenters. The van der Waals surface area contributed by atoms with Gasteiger partial charge >= 0.3 is 0 Å². The van der Waals surface area contributed by atoms with Crippen molar-refractivity contribution in [3.05, 3.63) is 34.8 Å². The zero-order valence-corrected chi connectivity index (χ0v) is 16.8. The zero-order chi connectivity index (χ0) is 20.0. The van der Waals surface area contributed by atoms with Gasteiger partial charge in [0.15, 0.2) is 5.82 Å². The number of piperidine rings is 1. The van der Waals surface area contributed by atoms with E-state index in [9.17, 15) is 9.59 Å². The number of amides is 2. The van der Waals surface area contributed by atoms with E-state index < -0.39 is 0 Å². The molecule has 150 valence electrons. The molecule has 2 amide bonds. The minimum atomic E-state index is -0.282. The number of aryl methyl sites for hydroxylation is 1. The van der Waals surface area contributed by atoms with E-state index in [0.717, 1.165) is 49.6 Å². The van der Waals surface area contributed by atoms with E-state index in [0.29, 0.717) is 23.3 Å². The van der Waals surface area contributed by atoms with Gasteiger partial charge in [0.2, 0.25) is 5.91 Å². The summed E-state index contributed by atoms with van der Waals surface area (Å²) in [6, 6.07) is 3.71. The molecule has 6 heteroatoms. The third kappa shape index (κ3) is 3.29. The molecule has 5 nitrogen and oxygen atoms in total. The van der Waals surface area contributed by atoms with Crippen LogP contribution in [0.15, 0.2) is 12.1 Å². The van der Waals surface area contributed by atoms with Gasteiger partial charge in [0.1, 0.15) is 5.69 Å². The van der Waals surface area contributed by atoms with E-state index in [1.165, 1.54) is 4.90 Å². The Kier molecular flexibility index (Phi) is 4.89. The van der Waals surface area contributed by atoms with Crippen molar-refractivity contribution in [2.75, 3.05) is 27.2 Å². The van der Waals surface area contributed by atoms with Crippen LogP contribution in [0.2, 0.25) is 0 Å². The fourth-order valence-electron chi connectivity index (χ4n) is 4.32. The molecule has 28 heavy (non-hydrogen) atoms. The molecule has 1 saturated carbocycles.